The highest BCUT2D eigenvalue weighted by Crippen LogP contribution is 2.32. The summed E-state index contributed by atoms with van der Waals surface area (Å²) >= 11 is 0. The first kappa shape index (κ1) is 19.1. The Morgan fingerprint density at radius 2 is 2.07 bits per heavy atom. The van der Waals surface area contributed by atoms with E-state index in [0.717, 1.165) is 35.4 Å². The molecule has 1 N–H and O–H groups in total. The summed E-state index contributed by atoms with van der Waals surface area (Å²) in [5.74, 6) is 0.192. The van der Waals surface area contributed by atoms with Gasteiger partial charge in [-0.25, -0.2) is 8.42 Å². The Morgan fingerprint density at radius 3 is 2.79 bits per heavy atom. The lowest BCUT2D eigenvalue weighted by Crippen LogP contribution is -2.38. The number of sulfone groups is 1. The molecule has 1 aromatic carbocycles. The zero-order valence-corrected chi connectivity index (χ0v) is 16.9. The minimum atomic E-state index is -2.96. The number of nitrogens with one attached hydrogen (secondary N) is 1. The highest BCUT2D eigenvalue weighted by Gasteiger charge is 2.31. The van der Waals surface area contributed by atoms with Crippen LogP contribution >= 0.6 is 0 Å². The summed E-state index contributed by atoms with van der Waals surface area (Å²) in [6, 6.07) is 7.73. The van der Waals surface area contributed by atoms with Crippen LogP contribution in [0.4, 0.5) is 11.4 Å². The smallest absolute Gasteiger partial charge is 0.238 e. The van der Waals surface area contributed by atoms with Crippen LogP contribution in [-0.2, 0) is 14.6 Å². The third-order valence-corrected chi connectivity index (χ3v) is 7.44. The van der Waals surface area contributed by atoms with Crippen molar-refractivity contribution in [2.75, 3.05) is 48.4 Å². The molecule has 4 rings (SSSR count). The molecule has 0 bridgehead atoms. The summed E-state index contributed by atoms with van der Waals surface area (Å²) in [4.78, 5) is 21.3. The lowest BCUT2D eigenvalue weighted by molar-refractivity contribution is -0.117. The van der Waals surface area contributed by atoms with Gasteiger partial charge in [0.05, 0.1) is 34.9 Å². The van der Waals surface area contributed by atoms with Gasteiger partial charge in [-0.15, -0.1) is 0 Å². The molecule has 1 atom stereocenters. The van der Waals surface area contributed by atoms with Gasteiger partial charge in [-0.3, -0.25) is 14.7 Å². The third kappa shape index (κ3) is 3.98. The Labute approximate surface area is 165 Å². The molecule has 2 fully saturated rings. The second-order valence-electron chi connectivity index (χ2n) is 7.75. The molecule has 2 aromatic rings. The Bertz CT molecular complexity index is 986. The van der Waals surface area contributed by atoms with Crippen molar-refractivity contribution in [1.29, 1.82) is 0 Å². The number of benzene rings is 1. The van der Waals surface area contributed by atoms with Gasteiger partial charge >= 0.3 is 0 Å². The number of nitrogens with zero attached hydrogens (tertiary/aromatic N) is 3. The number of amides is 1. The fourth-order valence-electron chi connectivity index (χ4n) is 4.15. The van der Waals surface area contributed by atoms with E-state index in [1.807, 2.05) is 29.2 Å². The fourth-order valence-corrected chi connectivity index (χ4v) is 5.95. The van der Waals surface area contributed by atoms with Gasteiger partial charge in [0.1, 0.15) is 0 Å². The van der Waals surface area contributed by atoms with Crippen LogP contribution in [0.15, 0.2) is 30.5 Å². The van der Waals surface area contributed by atoms with Crippen LogP contribution in [0.1, 0.15) is 19.3 Å². The van der Waals surface area contributed by atoms with Crippen molar-refractivity contribution in [3.8, 4) is 0 Å². The molecule has 7 nitrogen and oxygen atoms in total. The molecule has 2 saturated heterocycles. The number of carbonyl (C=O) groups is 1. The number of likely N-dealkylation sites (N-methyl/N-ethyl adjacent to an activating group) is 1. The van der Waals surface area contributed by atoms with E-state index in [0.29, 0.717) is 6.42 Å². The van der Waals surface area contributed by atoms with E-state index in [4.69, 9.17) is 0 Å². The highest BCUT2D eigenvalue weighted by molar-refractivity contribution is 7.91. The Hall–Kier alpha value is -2.19. The number of anilines is 2. The quantitative estimate of drug-likeness (QED) is 0.822. The Morgan fingerprint density at radius 1 is 1.29 bits per heavy atom. The first-order valence-corrected chi connectivity index (χ1v) is 11.6. The molecule has 1 unspecified atom stereocenters. The maximum Gasteiger partial charge on any atom is 0.238 e. The molecule has 0 aliphatic carbocycles. The third-order valence-electron chi connectivity index (χ3n) is 5.69. The number of hydrogen-bond acceptors (Lipinski definition) is 6. The SMILES string of the molecule is CN(CC(=O)Nc1ccc(N2CCCC2)c2ncccc12)C1CCS(=O)(=O)C1. The van der Waals surface area contributed by atoms with Crippen molar-refractivity contribution in [1.82, 2.24) is 9.88 Å². The van der Waals surface area contributed by atoms with Gasteiger partial charge in [-0.1, -0.05) is 0 Å². The minimum Gasteiger partial charge on any atom is -0.370 e. The molecule has 0 radical (unpaired) electrons. The van der Waals surface area contributed by atoms with Crippen LogP contribution in [0.3, 0.4) is 0 Å². The lowest BCUT2D eigenvalue weighted by Gasteiger charge is -2.23. The topological polar surface area (TPSA) is 82.6 Å². The van der Waals surface area contributed by atoms with Gasteiger partial charge < -0.3 is 10.2 Å². The Balaban J connectivity index is 1.50. The summed E-state index contributed by atoms with van der Waals surface area (Å²) in [6.07, 6.45) is 4.75. The van der Waals surface area contributed by atoms with Gasteiger partial charge in [0.2, 0.25) is 5.91 Å². The lowest BCUT2D eigenvalue weighted by atomic mass is 10.1. The van der Waals surface area contributed by atoms with E-state index in [-0.39, 0.29) is 30.0 Å². The normalized spacial score (nSPS) is 21.5. The molecule has 3 heterocycles. The molecule has 0 spiro atoms. The number of aromatic nitrogens is 1. The zero-order valence-electron chi connectivity index (χ0n) is 16.1. The van der Waals surface area contributed by atoms with Crippen molar-refractivity contribution in [2.24, 2.45) is 0 Å². The summed E-state index contributed by atoms with van der Waals surface area (Å²) in [6.45, 7) is 2.23. The van der Waals surface area contributed by atoms with Crippen molar-refractivity contribution >= 4 is 38.0 Å². The highest BCUT2D eigenvalue weighted by atomic mass is 32.2. The van der Waals surface area contributed by atoms with E-state index < -0.39 is 9.84 Å². The average Bonchev–Trinajstić information content (AvgIpc) is 3.31. The number of rotatable bonds is 5. The summed E-state index contributed by atoms with van der Waals surface area (Å²) < 4.78 is 23.3. The van der Waals surface area contributed by atoms with Crippen LogP contribution in [0.2, 0.25) is 0 Å². The van der Waals surface area contributed by atoms with Crippen molar-refractivity contribution < 1.29 is 13.2 Å². The molecule has 2 aliphatic rings. The largest absolute Gasteiger partial charge is 0.370 e. The second-order valence-corrected chi connectivity index (χ2v) is 9.97. The zero-order chi connectivity index (χ0) is 19.7. The van der Waals surface area contributed by atoms with Crippen molar-refractivity contribution in [3.63, 3.8) is 0 Å². The first-order valence-electron chi connectivity index (χ1n) is 9.76. The van der Waals surface area contributed by atoms with Crippen molar-refractivity contribution in [2.45, 2.75) is 25.3 Å². The maximum absolute atomic E-state index is 12.6. The molecule has 0 saturated carbocycles. The monoisotopic (exact) mass is 402 g/mol. The van der Waals surface area contributed by atoms with Gasteiger partial charge in [-0.2, -0.15) is 0 Å². The van der Waals surface area contributed by atoms with Crippen LogP contribution in [-0.4, -0.2) is 68.4 Å². The maximum atomic E-state index is 12.6. The fraction of sp³-hybridized carbons (Fsp3) is 0.500. The molecule has 1 amide bonds. The molecule has 28 heavy (non-hydrogen) atoms. The molecule has 2 aliphatic heterocycles. The van der Waals surface area contributed by atoms with E-state index in [1.54, 1.807) is 13.2 Å². The van der Waals surface area contributed by atoms with Crippen LogP contribution in [0.25, 0.3) is 10.9 Å². The Kier molecular flexibility index (Phi) is 5.25. The second kappa shape index (κ2) is 7.67. The van der Waals surface area contributed by atoms with Gasteiger partial charge in [0, 0.05) is 30.7 Å². The van der Waals surface area contributed by atoms with Crippen LogP contribution < -0.4 is 10.2 Å². The van der Waals surface area contributed by atoms with Crippen LogP contribution in [0.5, 0.6) is 0 Å². The minimum absolute atomic E-state index is 0.0910. The van der Waals surface area contributed by atoms with E-state index in [9.17, 15) is 13.2 Å². The summed E-state index contributed by atoms with van der Waals surface area (Å²) in [5, 5.41) is 3.91. The molecular weight excluding hydrogens is 376 g/mol. The van der Waals surface area contributed by atoms with E-state index >= 15 is 0 Å². The van der Waals surface area contributed by atoms with Crippen molar-refractivity contribution in [3.05, 3.63) is 30.5 Å². The molecule has 8 heteroatoms. The molecule has 150 valence electrons. The standard InChI is InChI=1S/C20H26N4O3S/c1-23(15-8-12-28(26,27)14-15)13-19(25)22-17-6-7-18(24-10-2-3-11-24)20-16(17)5-4-9-21-20/h4-7,9,15H,2-3,8,10-14H2,1H3,(H,22,25). The predicted octanol–water partition coefficient (Wildman–Crippen LogP) is 1.89. The van der Waals surface area contributed by atoms with E-state index in [1.165, 1.54) is 12.8 Å². The van der Waals surface area contributed by atoms with E-state index in [2.05, 4.69) is 15.2 Å². The van der Waals surface area contributed by atoms with Crippen LogP contribution in [0, 0.1) is 0 Å². The summed E-state index contributed by atoms with van der Waals surface area (Å²) in [7, 11) is -1.16. The molecular formula is C20H26N4O3S. The number of fused-ring (bicyclic) bond motifs is 1. The molecule has 1 aromatic heterocycles. The van der Waals surface area contributed by atoms with Gasteiger partial charge in [0.15, 0.2) is 9.84 Å². The van der Waals surface area contributed by atoms with Gasteiger partial charge in [0.25, 0.3) is 0 Å². The number of hydrogen-bond donors (Lipinski definition) is 1. The number of carbonyl (C=O) groups excluding carboxylic acids is 1. The average molecular weight is 403 g/mol. The predicted molar refractivity (Wildman–Crippen MR) is 112 cm³/mol. The van der Waals surface area contributed by atoms with Gasteiger partial charge in [-0.05, 0) is 50.6 Å². The summed E-state index contributed by atoms with van der Waals surface area (Å²) in [5.41, 5.74) is 2.75. The first-order chi connectivity index (χ1) is 13.4. The number of pyridine rings is 1.